The molecule has 0 heterocycles. The molecular formula is C16H33NO. The van der Waals surface area contributed by atoms with Crippen LogP contribution >= 0.6 is 0 Å². The van der Waals surface area contributed by atoms with Crippen LogP contribution in [0.5, 0.6) is 0 Å². The van der Waals surface area contributed by atoms with Gasteiger partial charge in [-0.05, 0) is 57.9 Å². The van der Waals surface area contributed by atoms with Gasteiger partial charge in [0.1, 0.15) is 0 Å². The molecule has 1 rings (SSSR count). The number of hydrogen-bond acceptors (Lipinski definition) is 2. The fraction of sp³-hybridized carbons (Fsp3) is 1.00. The van der Waals surface area contributed by atoms with Crippen LogP contribution in [0, 0.1) is 11.3 Å². The van der Waals surface area contributed by atoms with Crippen molar-refractivity contribution in [1.82, 2.24) is 4.90 Å². The van der Waals surface area contributed by atoms with Gasteiger partial charge in [-0.25, -0.2) is 0 Å². The first-order chi connectivity index (χ1) is 8.09. The van der Waals surface area contributed by atoms with Crippen LogP contribution < -0.4 is 0 Å². The molecule has 1 aliphatic carbocycles. The Labute approximate surface area is 114 Å². The molecule has 0 saturated heterocycles. The Morgan fingerprint density at radius 3 is 2.11 bits per heavy atom. The lowest BCUT2D eigenvalue weighted by atomic mass is 9.69. The smallest absolute Gasteiger partial charge is 0.0695 e. The number of hydrogen-bond donors (Lipinski definition) is 1. The quantitative estimate of drug-likeness (QED) is 0.831. The van der Waals surface area contributed by atoms with E-state index in [0.717, 1.165) is 25.2 Å². The van der Waals surface area contributed by atoms with Crippen LogP contribution in [-0.4, -0.2) is 34.7 Å². The lowest BCUT2D eigenvalue weighted by molar-refractivity contribution is -0.0425. The van der Waals surface area contributed by atoms with Crippen molar-refractivity contribution in [2.75, 3.05) is 7.05 Å². The van der Waals surface area contributed by atoms with E-state index in [1.54, 1.807) is 0 Å². The molecule has 0 aromatic carbocycles. The number of rotatable bonds is 3. The van der Waals surface area contributed by atoms with E-state index in [1.807, 2.05) is 0 Å². The topological polar surface area (TPSA) is 23.5 Å². The lowest BCUT2D eigenvalue weighted by Crippen LogP contribution is -2.54. The Balaban J connectivity index is 2.80. The highest BCUT2D eigenvalue weighted by atomic mass is 16.3. The van der Waals surface area contributed by atoms with E-state index in [1.165, 1.54) is 6.42 Å². The molecule has 0 bridgehead atoms. The molecule has 0 radical (unpaired) electrons. The van der Waals surface area contributed by atoms with E-state index in [4.69, 9.17) is 0 Å². The van der Waals surface area contributed by atoms with Crippen LogP contribution in [0.4, 0.5) is 0 Å². The largest absolute Gasteiger partial charge is 0.391 e. The van der Waals surface area contributed by atoms with Crippen molar-refractivity contribution in [2.45, 2.75) is 84.9 Å². The number of aliphatic hydroxyl groups is 1. The zero-order valence-corrected chi connectivity index (χ0v) is 13.5. The molecule has 108 valence electrons. The Kier molecular flexibility index (Phi) is 4.88. The fourth-order valence-electron chi connectivity index (χ4n) is 3.03. The summed E-state index contributed by atoms with van der Waals surface area (Å²) >= 11 is 0. The van der Waals surface area contributed by atoms with Crippen LogP contribution in [0.3, 0.4) is 0 Å². The van der Waals surface area contributed by atoms with Crippen LogP contribution in [0.25, 0.3) is 0 Å². The van der Waals surface area contributed by atoms with Gasteiger partial charge in [0, 0.05) is 11.6 Å². The van der Waals surface area contributed by atoms with Gasteiger partial charge in [-0.15, -0.1) is 0 Å². The molecule has 3 atom stereocenters. The van der Waals surface area contributed by atoms with Gasteiger partial charge in [0.15, 0.2) is 0 Å². The third-order valence-corrected chi connectivity index (χ3v) is 5.32. The van der Waals surface area contributed by atoms with Crippen LogP contribution in [0.15, 0.2) is 0 Å². The van der Waals surface area contributed by atoms with E-state index in [2.05, 4.69) is 53.5 Å². The number of likely N-dealkylation sites (N-methyl/N-ethyl adjacent to an activating group) is 1. The molecule has 0 aromatic rings. The highest BCUT2D eigenvalue weighted by Gasteiger charge is 2.40. The molecular weight excluding hydrogens is 222 g/mol. The third kappa shape index (κ3) is 3.48. The Morgan fingerprint density at radius 1 is 1.11 bits per heavy atom. The standard InChI is InChI=1S/C16H33NO/c1-8-16(5,6)17(7)13-11-12(15(2,3)4)9-10-14(13)18/h12-14,18H,8-11H2,1-7H3. The van der Waals surface area contributed by atoms with Crippen molar-refractivity contribution in [3.8, 4) is 0 Å². The zero-order chi connectivity index (χ0) is 14.1. The first-order valence-electron chi connectivity index (χ1n) is 7.50. The van der Waals surface area contributed by atoms with Gasteiger partial charge in [-0.3, -0.25) is 4.90 Å². The molecule has 2 heteroatoms. The monoisotopic (exact) mass is 255 g/mol. The fourth-order valence-corrected chi connectivity index (χ4v) is 3.03. The van der Waals surface area contributed by atoms with Gasteiger partial charge in [-0.2, -0.15) is 0 Å². The molecule has 1 N–H and O–H groups in total. The molecule has 0 amide bonds. The van der Waals surface area contributed by atoms with Crippen LogP contribution in [0.2, 0.25) is 0 Å². The summed E-state index contributed by atoms with van der Waals surface area (Å²) in [6.07, 6.45) is 4.22. The van der Waals surface area contributed by atoms with E-state index < -0.39 is 0 Å². The molecule has 18 heavy (non-hydrogen) atoms. The van der Waals surface area contributed by atoms with E-state index in [-0.39, 0.29) is 11.6 Å². The summed E-state index contributed by atoms with van der Waals surface area (Å²) in [6, 6.07) is 0.318. The summed E-state index contributed by atoms with van der Waals surface area (Å²) in [5, 5.41) is 10.3. The second-order valence-corrected chi connectivity index (χ2v) is 7.79. The number of aliphatic hydroxyl groups excluding tert-OH is 1. The predicted molar refractivity (Wildman–Crippen MR) is 78.7 cm³/mol. The first-order valence-corrected chi connectivity index (χ1v) is 7.50. The summed E-state index contributed by atoms with van der Waals surface area (Å²) in [5.41, 5.74) is 0.529. The van der Waals surface area contributed by atoms with E-state index in [9.17, 15) is 5.11 Å². The summed E-state index contributed by atoms with van der Waals surface area (Å²) in [7, 11) is 2.18. The van der Waals surface area contributed by atoms with E-state index >= 15 is 0 Å². The lowest BCUT2D eigenvalue weighted by Gasteiger charge is -2.48. The average Bonchev–Trinajstić information content (AvgIpc) is 2.27. The summed E-state index contributed by atoms with van der Waals surface area (Å²) in [4.78, 5) is 2.41. The molecule has 1 saturated carbocycles. The minimum atomic E-state index is -0.153. The molecule has 3 unspecified atom stereocenters. The highest BCUT2D eigenvalue weighted by Crippen LogP contribution is 2.40. The normalized spacial score (nSPS) is 30.8. The first kappa shape index (κ1) is 16.0. The Bertz CT molecular complexity index is 267. The zero-order valence-electron chi connectivity index (χ0n) is 13.5. The predicted octanol–water partition coefficient (Wildman–Crippen LogP) is 3.68. The minimum absolute atomic E-state index is 0.153. The van der Waals surface area contributed by atoms with Gasteiger partial charge >= 0.3 is 0 Å². The molecule has 1 aliphatic rings. The summed E-state index contributed by atoms with van der Waals surface area (Å²) in [5.74, 6) is 0.723. The van der Waals surface area contributed by atoms with Crippen molar-refractivity contribution in [2.24, 2.45) is 11.3 Å². The van der Waals surface area contributed by atoms with Crippen molar-refractivity contribution >= 4 is 0 Å². The van der Waals surface area contributed by atoms with Crippen LogP contribution in [-0.2, 0) is 0 Å². The molecule has 2 nitrogen and oxygen atoms in total. The maximum absolute atomic E-state index is 10.3. The van der Waals surface area contributed by atoms with Crippen LogP contribution in [0.1, 0.15) is 67.2 Å². The Morgan fingerprint density at radius 2 is 1.67 bits per heavy atom. The van der Waals surface area contributed by atoms with Crippen molar-refractivity contribution in [3.63, 3.8) is 0 Å². The summed E-state index contributed by atoms with van der Waals surface area (Å²) in [6.45, 7) is 13.8. The average molecular weight is 255 g/mol. The minimum Gasteiger partial charge on any atom is -0.391 e. The Hall–Kier alpha value is -0.0800. The molecule has 0 aromatic heterocycles. The second kappa shape index (κ2) is 5.50. The van der Waals surface area contributed by atoms with Crippen molar-refractivity contribution in [1.29, 1.82) is 0 Å². The molecule has 1 fully saturated rings. The SMILES string of the molecule is CCC(C)(C)N(C)C1CC(C(C)(C)C)CCC1O. The molecule has 0 spiro atoms. The third-order valence-electron chi connectivity index (χ3n) is 5.32. The highest BCUT2D eigenvalue weighted by molar-refractivity contribution is 4.93. The molecule has 0 aliphatic heterocycles. The van der Waals surface area contributed by atoms with E-state index in [0.29, 0.717) is 11.5 Å². The van der Waals surface area contributed by atoms with Crippen molar-refractivity contribution in [3.05, 3.63) is 0 Å². The summed E-state index contributed by atoms with van der Waals surface area (Å²) < 4.78 is 0. The number of nitrogens with zero attached hydrogens (tertiary/aromatic N) is 1. The maximum atomic E-state index is 10.3. The van der Waals surface area contributed by atoms with Gasteiger partial charge in [0.25, 0.3) is 0 Å². The van der Waals surface area contributed by atoms with Crippen molar-refractivity contribution < 1.29 is 5.11 Å². The maximum Gasteiger partial charge on any atom is 0.0695 e. The van der Waals surface area contributed by atoms with Gasteiger partial charge in [0.2, 0.25) is 0 Å². The van der Waals surface area contributed by atoms with Gasteiger partial charge < -0.3 is 5.11 Å². The van der Waals surface area contributed by atoms with Gasteiger partial charge in [0.05, 0.1) is 6.10 Å². The van der Waals surface area contributed by atoms with Gasteiger partial charge in [-0.1, -0.05) is 27.7 Å². The second-order valence-electron chi connectivity index (χ2n) is 7.79.